The second kappa shape index (κ2) is 10.2. The quantitative estimate of drug-likeness (QED) is 0.536. The third kappa shape index (κ3) is 6.61. The standard InChI is InChI=1S/C19H25F3N6O3S/c1-13(29)28(4)10-9-23-12-17-16(19(20,21)22)11-24-18(26-17)25-14-5-7-15(8-6-14)32(30,31)27(2)3/h5-8,11,23H,9-10,12H2,1-4H3,(H,24,25,26). The van der Waals surface area contributed by atoms with Gasteiger partial charge >= 0.3 is 6.18 Å². The van der Waals surface area contributed by atoms with Gasteiger partial charge < -0.3 is 15.5 Å². The van der Waals surface area contributed by atoms with E-state index in [1.807, 2.05) is 0 Å². The highest BCUT2D eigenvalue weighted by Crippen LogP contribution is 2.31. The van der Waals surface area contributed by atoms with Gasteiger partial charge in [0.25, 0.3) is 0 Å². The Morgan fingerprint density at radius 2 is 1.75 bits per heavy atom. The van der Waals surface area contributed by atoms with Crippen molar-refractivity contribution in [1.29, 1.82) is 0 Å². The van der Waals surface area contributed by atoms with E-state index in [0.717, 1.165) is 4.31 Å². The van der Waals surface area contributed by atoms with Gasteiger partial charge in [0.1, 0.15) is 0 Å². The highest BCUT2D eigenvalue weighted by molar-refractivity contribution is 7.89. The Hall–Kier alpha value is -2.77. The van der Waals surface area contributed by atoms with Crippen LogP contribution in [0.1, 0.15) is 18.2 Å². The predicted molar refractivity (Wildman–Crippen MR) is 113 cm³/mol. The van der Waals surface area contributed by atoms with Crippen molar-refractivity contribution in [3.8, 4) is 0 Å². The van der Waals surface area contributed by atoms with Gasteiger partial charge in [-0.15, -0.1) is 0 Å². The van der Waals surface area contributed by atoms with Crippen LogP contribution in [0.2, 0.25) is 0 Å². The molecular formula is C19H25F3N6O3S. The number of carbonyl (C=O) groups excluding carboxylic acids is 1. The molecule has 2 aromatic rings. The van der Waals surface area contributed by atoms with Crippen LogP contribution in [0.4, 0.5) is 24.8 Å². The lowest BCUT2D eigenvalue weighted by atomic mass is 10.2. The molecule has 9 nitrogen and oxygen atoms in total. The summed E-state index contributed by atoms with van der Waals surface area (Å²) >= 11 is 0. The number of nitrogens with zero attached hydrogens (tertiary/aromatic N) is 4. The van der Waals surface area contributed by atoms with E-state index in [4.69, 9.17) is 0 Å². The van der Waals surface area contributed by atoms with E-state index in [9.17, 15) is 26.4 Å². The van der Waals surface area contributed by atoms with Gasteiger partial charge in [0.2, 0.25) is 21.9 Å². The zero-order valence-corrected chi connectivity index (χ0v) is 18.9. The Morgan fingerprint density at radius 1 is 1.12 bits per heavy atom. The first-order chi connectivity index (χ1) is 14.8. The summed E-state index contributed by atoms with van der Waals surface area (Å²) in [7, 11) is 0.803. The Kier molecular flexibility index (Phi) is 8.15. The maximum atomic E-state index is 13.3. The number of carbonyl (C=O) groups is 1. The molecule has 0 fully saturated rings. The second-order valence-corrected chi connectivity index (χ2v) is 9.26. The van der Waals surface area contributed by atoms with Crippen LogP contribution in [-0.2, 0) is 27.5 Å². The van der Waals surface area contributed by atoms with Gasteiger partial charge in [-0.05, 0) is 24.3 Å². The van der Waals surface area contributed by atoms with Crippen LogP contribution in [0.25, 0.3) is 0 Å². The molecule has 0 spiro atoms. The van der Waals surface area contributed by atoms with E-state index >= 15 is 0 Å². The van der Waals surface area contributed by atoms with Gasteiger partial charge in [-0.3, -0.25) is 4.79 Å². The fourth-order valence-electron chi connectivity index (χ4n) is 2.51. The van der Waals surface area contributed by atoms with Crippen molar-refractivity contribution in [2.45, 2.75) is 24.5 Å². The van der Waals surface area contributed by atoms with Crippen LogP contribution in [0, 0.1) is 0 Å². The van der Waals surface area contributed by atoms with E-state index in [-0.39, 0.29) is 35.5 Å². The van der Waals surface area contributed by atoms with Crippen molar-refractivity contribution >= 4 is 27.6 Å². The average Bonchev–Trinajstić information content (AvgIpc) is 2.70. The molecule has 13 heteroatoms. The number of hydrogen-bond acceptors (Lipinski definition) is 7. The first kappa shape index (κ1) is 25.5. The number of nitrogens with one attached hydrogen (secondary N) is 2. The van der Waals surface area contributed by atoms with Crippen LogP contribution in [0.5, 0.6) is 0 Å². The Bertz CT molecular complexity index is 1040. The molecule has 1 amide bonds. The van der Waals surface area contributed by atoms with Crippen molar-refractivity contribution in [2.24, 2.45) is 0 Å². The number of aromatic nitrogens is 2. The molecular weight excluding hydrogens is 449 g/mol. The van der Waals surface area contributed by atoms with Crippen molar-refractivity contribution in [1.82, 2.24) is 24.5 Å². The number of sulfonamides is 1. The number of alkyl halides is 3. The van der Waals surface area contributed by atoms with Crippen LogP contribution in [0.3, 0.4) is 0 Å². The van der Waals surface area contributed by atoms with Gasteiger partial charge in [0.05, 0.1) is 16.2 Å². The summed E-state index contributed by atoms with van der Waals surface area (Å²) in [6, 6.07) is 5.67. The average molecular weight is 475 g/mol. The molecule has 0 bridgehead atoms. The number of anilines is 2. The van der Waals surface area contributed by atoms with Crippen molar-refractivity contribution in [3.63, 3.8) is 0 Å². The maximum absolute atomic E-state index is 13.3. The zero-order chi connectivity index (χ0) is 24.1. The van der Waals surface area contributed by atoms with Gasteiger partial charge in [0.15, 0.2) is 0 Å². The summed E-state index contributed by atoms with van der Waals surface area (Å²) < 4.78 is 65.3. The molecule has 2 N–H and O–H groups in total. The summed E-state index contributed by atoms with van der Waals surface area (Å²) in [4.78, 5) is 20.4. The molecule has 0 radical (unpaired) electrons. The minimum atomic E-state index is -4.63. The third-order valence-corrected chi connectivity index (χ3v) is 6.35. The van der Waals surface area contributed by atoms with Crippen molar-refractivity contribution in [3.05, 3.63) is 41.7 Å². The number of amides is 1. The molecule has 176 valence electrons. The molecule has 1 aromatic carbocycles. The zero-order valence-electron chi connectivity index (χ0n) is 18.1. The molecule has 1 aromatic heterocycles. The molecule has 32 heavy (non-hydrogen) atoms. The van der Waals surface area contributed by atoms with E-state index in [2.05, 4.69) is 20.6 Å². The Labute approximate surface area is 184 Å². The minimum Gasteiger partial charge on any atom is -0.345 e. The van der Waals surface area contributed by atoms with Gasteiger partial charge in [-0.25, -0.2) is 22.7 Å². The van der Waals surface area contributed by atoms with E-state index in [1.165, 1.54) is 50.2 Å². The lowest BCUT2D eigenvalue weighted by molar-refractivity contribution is -0.138. The lowest BCUT2D eigenvalue weighted by Gasteiger charge is -2.17. The third-order valence-electron chi connectivity index (χ3n) is 4.52. The first-order valence-electron chi connectivity index (χ1n) is 9.47. The smallest absolute Gasteiger partial charge is 0.345 e. The molecule has 0 unspecified atom stereocenters. The fourth-order valence-corrected chi connectivity index (χ4v) is 3.41. The number of halogens is 3. The number of hydrogen-bond donors (Lipinski definition) is 2. The van der Waals surface area contributed by atoms with Crippen LogP contribution >= 0.6 is 0 Å². The monoisotopic (exact) mass is 474 g/mol. The number of benzene rings is 1. The second-order valence-electron chi connectivity index (χ2n) is 7.11. The lowest BCUT2D eigenvalue weighted by Crippen LogP contribution is -2.32. The predicted octanol–water partition coefficient (Wildman–Crippen LogP) is 2.06. The number of likely N-dealkylation sites (N-methyl/N-ethyl adjacent to an activating group) is 1. The summed E-state index contributed by atoms with van der Waals surface area (Å²) in [5.74, 6) is -0.223. The van der Waals surface area contributed by atoms with Crippen molar-refractivity contribution in [2.75, 3.05) is 39.5 Å². The summed E-state index contributed by atoms with van der Waals surface area (Å²) in [5, 5.41) is 5.62. The largest absolute Gasteiger partial charge is 0.419 e. The van der Waals surface area contributed by atoms with Crippen LogP contribution in [0.15, 0.2) is 35.4 Å². The van der Waals surface area contributed by atoms with Gasteiger partial charge in [0, 0.05) is 59.6 Å². The first-order valence-corrected chi connectivity index (χ1v) is 10.9. The summed E-state index contributed by atoms with van der Waals surface area (Å²) in [6.45, 7) is 1.82. The van der Waals surface area contributed by atoms with E-state index < -0.39 is 21.8 Å². The number of rotatable bonds is 9. The molecule has 0 aliphatic carbocycles. The minimum absolute atomic E-state index is 0.0705. The van der Waals surface area contributed by atoms with Gasteiger partial charge in [-0.2, -0.15) is 13.2 Å². The molecule has 0 saturated heterocycles. The molecule has 2 rings (SSSR count). The maximum Gasteiger partial charge on any atom is 0.419 e. The molecule has 0 saturated carbocycles. The molecule has 0 aliphatic heterocycles. The summed E-state index contributed by atoms with van der Waals surface area (Å²) in [6.07, 6.45) is -3.94. The molecule has 1 heterocycles. The highest BCUT2D eigenvalue weighted by atomic mass is 32.2. The normalized spacial score (nSPS) is 12.1. The van der Waals surface area contributed by atoms with E-state index in [1.54, 1.807) is 7.05 Å². The topological polar surface area (TPSA) is 108 Å². The Morgan fingerprint density at radius 3 is 2.28 bits per heavy atom. The van der Waals surface area contributed by atoms with Crippen molar-refractivity contribution < 1.29 is 26.4 Å². The van der Waals surface area contributed by atoms with Gasteiger partial charge in [-0.1, -0.05) is 0 Å². The van der Waals surface area contributed by atoms with Crippen LogP contribution < -0.4 is 10.6 Å². The highest BCUT2D eigenvalue weighted by Gasteiger charge is 2.34. The SMILES string of the molecule is CC(=O)N(C)CCNCc1nc(Nc2ccc(S(=O)(=O)N(C)C)cc2)ncc1C(F)(F)F. The Balaban J connectivity index is 2.17. The fraction of sp³-hybridized carbons (Fsp3) is 0.421. The van der Waals surface area contributed by atoms with E-state index in [0.29, 0.717) is 18.4 Å². The van der Waals surface area contributed by atoms with Crippen LogP contribution in [-0.4, -0.2) is 67.7 Å². The molecule has 0 atom stereocenters. The molecule has 0 aliphatic rings. The summed E-state index contributed by atoms with van der Waals surface area (Å²) in [5.41, 5.74) is -0.820.